The Morgan fingerprint density at radius 2 is 2.05 bits per heavy atom. The fraction of sp³-hybridized carbons (Fsp3) is 0.308. The van der Waals surface area contributed by atoms with Crippen LogP contribution in [0.4, 0.5) is 0 Å². The number of nitrogens with zero attached hydrogens (tertiary/aromatic N) is 1. The Hall–Kier alpha value is -2.00. The predicted molar refractivity (Wildman–Crippen MR) is 70.9 cm³/mol. The molecule has 0 fully saturated rings. The second-order valence-electron chi connectivity index (χ2n) is 3.78. The topological polar surface area (TPSA) is 87.4 Å². The van der Waals surface area contributed by atoms with E-state index in [1.807, 2.05) is 6.07 Å². The van der Waals surface area contributed by atoms with Gasteiger partial charge in [0.15, 0.2) is 5.12 Å². The first-order valence-corrected chi connectivity index (χ1v) is 6.50. The Morgan fingerprint density at radius 3 is 2.53 bits per heavy atom. The minimum absolute atomic E-state index is 0.0124. The highest BCUT2D eigenvalue weighted by molar-refractivity contribution is 8.13. The monoisotopic (exact) mass is 279 g/mol. The first-order chi connectivity index (χ1) is 9.02. The van der Waals surface area contributed by atoms with Gasteiger partial charge in [-0.1, -0.05) is 11.8 Å². The van der Waals surface area contributed by atoms with Crippen molar-refractivity contribution in [3.63, 3.8) is 0 Å². The van der Waals surface area contributed by atoms with Gasteiger partial charge in [0.05, 0.1) is 11.6 Å². The molecule has 0 amide bonds. The van der Waals surface area contributed by atoms with Crippen molar-refractivity contribution in [2.45, 2.75) is 6.92 Å². The van der Waals surface area contributed by atoms with Gasteiger partial charge >= 0.3 is 5.97 Å². The van der Waals surface area contributed by atoms with E-state index in [4.69, 9.17) is 15.1 Å². The first-order valence-electron chi connectivity index (χ1n) is 5.52. The predicted octanol–water partition coefficient (Wildman–Crippen LogP) is 1.92. The Kier molecular flexibility index (Phi) is 5.90. The number of carbonyl (C=O) groups is 2. The molecule has 1 atom stereocenters. The quantitative estimate of drug-likeness (QED) is 0.856. The lowest BCUT2D eigenvalue weighted by molar-refractivity contribution is -0.141. The number of hydrogen-bond acceptors (Lipinski definition) is 5. The molecule has 0 radical (unpaired) electrons. The normalized spacial score (nSPS) is 11.4. The Bertz CT molecular complexity index is 492. The van der Waals surface area contributed by atoms with E-state index < -0.39 is 11.9 Å². The number of carboxylic acid groups (broad SMARTS) is 1. The SMILES string of the molecule is CC(=O)SCC(COc1ccc(C#N)cc1)C(=O)O. The van der Waals surface area contributed by atoms with Gasteiger partial charge in [-0.2, -0.15) is 5.26 Å². The fourth-order valence-electron chi connectivity index (χ4n) is 1.23. The number of ether oxygens (including phenoxy) is 1. The minimum Gasteiger partial charge on any atom is -0.493 e. The van der Waals surface area contributed by atoms with E-state index >= 15 is 0 Å². The third-order valence-corrected chi connectivity index (χ3v) is 3.25. The summed E-state index contributed by atoms with van der Waals surface area (Å²) >= 11 is 0.966. The van der Waals surface area contributed by atoms with Crippen LogP contribution in [0.15, 0.2) is 24.3 Å². The summed E-state index contributed by atoms with van der Waals surface area (Å²) in [6.45, 7) is 1.38. The zero-order valence-electron chi connectivity index (χ0n) is 10.3. The van der Waals surface area contributed by atoms with Gasteiger partial charge in [0, 0.05) is 12.7 Å². The van der Waals surface area contributed by atoms with Crippen LogP contribution in [0.5, 0.6) is 5.75 Å². The van der Waals surface area contributed by atoms with Crippen molar-refractivity contribution < 1.29 is 19.4 Å². The van der Waals surface area contributed by atoms with Gasteiger partial charge in [-0.15, -0.1) is 0 Å². The molecule has 0 aliphatic rings. The summed E-state index contributed by atoms with van der Waals surface area (Å²) in [5.74, 6) is -1.06. The molecule has 1 rings (SSSR count). The van der Waals surface area contributed by atoms with E-state index in [9.17, 15) is 9.59 Å². The molecule has 0 saturated heterocycles. The Morgan fingerprint density at radius 1 is 1.42 bits per heavy atom. The van der Waals surface area contributed by atoms with Crippen molar-refractivity contribution in [2.75, 3.05) is 12.4 Å². The van der Waals surface area contributed by atoms with E-state index in [2.05, 4.69) is 0 Å². The standard InChI is InChI=1S/C13H13NO4S/c1-9(15)19-8-11(13(16)17)7-18-12-4-2-10(6-14)3-5-12/h2-5,11H,7-8H2,1H3,(H,16,17). The van der Waals surface area contributed by atoms with Crippen molar-refractivity contribution in [3.05, 3.63) is 29.8 Å². The maximum atomic E-state index is 11.0. The second-order valence-corrected chi connectivity index (χ2v) is 4.98. The average Bonchev–Trinajstić information content (AvgIpc) is 2.38. The lowest BCUT2D eigenvalue weighted by Gasteiger charge is -2.12. The number of aliphatic carboxylic acids is 1. The summed E-state index contributed by atoms with van der Waals surface area (Å²) in [6.07, 6.45) is 0. The van der Waals surface area contributed by atoms with Gasteiger partial charge in [0.1, 0.15) is 18.3 Å². The third-order valence-electron chi connectivity index (χ3n) is 2.27. The molecule has 6 heteroatoms. The molecule has 0 heterocycles. The van der Waals surface area contributed by atoms with Crippen LogP contribution in [-0.4, -0.2) is 28.6 Å². The molecule has 19 heavy (non-hydrogen) atoms. The van der Waals surface area contributed by atoms with Gasteiger partial charge in [-0.05, 0) is 24.3 Å². The molecule has 1 N–H and O–H groups in total. The molecule has 0 bridgehead atoms. The third kappa shape index (κ3) is 5.44. The van der Waals surface area contributed by atoms with Crippen LogP contribution in [0.1, 0.15) is 12.5 Å². The van der Waals surface area contributed by atoms with Crippen LogP contribution < -0.4 is 4.74 Å². The summed E-state index contributed by atoms with van der Waals surface area (Å²) in [7, 11) is 0. The fourth-order valence-corrected chi connectivity index (χ4v) is 1.91. The van der Waals surface area contributed by atoms with Crippen LogP contribution >= 0.6 is 11.8 Å². The molecular weight excluding hydrogens is 266 g/mol. The van der Waals surface area contributed by atoms with Gasteiger partial charge in [0.2, 0.25) is 0 Å². The van der Waals surface area contributed by atoms with Crippen molar-refractivity contribution in [3.8, 4) is 11.8 Å². The number of thioether (sulfide) groups is 1. The maximum Gasteiger partial charge on any atom is 0.310 e. The highest BCUT2D eigenvalue weighted by Crippen LogP contribution is 2.15. The second kappa shape index (κ2) is 7.44. The van der Waals surface area contributed by atoms with Gasteiger partial charge in [-0.25, -0.2) is 0 Å². The molecule has 0 aromatic heterocycles. The summed E-state index contributed by atoms with van der Waals surface area (Å²) in [4.78, 5) is 21.8. The number of benzene rings is 1. The van der Waals surface area contributed by atoms with E-state index in [0.717, 1.165) is 11.8 Å². The zero-order chi connectivity index (χ0) is 14.3. The lowest BCUT2D eigenvalue weighted by Crippen LogP contribution is -2.24. The van der Waals surface area contributed by atoms with Crippen molar-refractivity contribution in [1.82, 2.24) is 0 Å². The van der Waals surface area contributed by atoms with Crippen LogP contribution in [0.25, 0.3) is 0 Å². The number of carboxylic acids is 1. The Labute approximate surface area is 115 Å². The first kappa shape index (κ1) is 15.1. The lowest BCUT2D eigenvalue weighted by atomic mass is 10.2. The molecule has 0 aliphatic carbocycles. The zero-order valence-corrected chi connectivity index (χ0v) is 11.1. The molecule has 0 saturated carbocycles. The number of rotatable bonds is 6. The van der Waals surface area contributed by atoms with Gasteiger partial charge in [0.25, 0.3) is 0 Å². The van der Waals surface area contributed by atoms with Crippen molar-refractivity contribution >= 4 is 22.8 Å². The van der Waals surface area contributed by atoms with Gasteiger partial charge < -0.3 is 9.84 Å². The minimum atomic E-state index is -0.998. The molecule has 1 aromatic carbocycles. The number of nitriles is 1. The molecule has 5 nitrogen and oxygen atoms in total. The molecule has 0 aliphatic heterocycles. The molecule has 0 spiro atoms. The largest absolute Gasteiger partial charge is 0.493 e. The summed E-state index contributed by atoms with van der Waals surface area (Å²) in [6, 6.07) is 8.38. The Balaban J connectivity index is 2.53. The number of carbonyl (C=O) groups excluding carboxylic acids is 1. The molecule has 100 valence electrons. The molecule has 1 unspecified atom stereocenters. The molecular formula is C13H13NO4S. The van der Waals surface area contributed by atoms with Crippen LogP contribution in [0, 0.1) is 17.2 Å². The van der Waals surface area contributed by atoms with Crippen molar-refractivity contribution in [2.24, 2.45) is 5.92 Å². The highest BCUT2D eigenvalue weighted by Gasteiger charge is 2.19. The number of hydrogen-bond donors (Lipinski definition) is 1. The van der Waals surface area contributed by atoms with Crippen LogP contribution in [-0.2, 0) is 9.59 Å². The van der Waals surface area contributed by atoms with E-state index in [-0.39, 0.29) is 17.5 Å². The maximum absolute atomic E-state index is 11.0. The van der Waals surface area contributed by atoms with Crippen molar-refractivity contribution in [1.29, 1.82) is 5.26 Å². The average molecular weight is 279 g/mol. The summed E-state index contributed by atoms with van der Waals surface area (Å²) < 4.78 is 5.35. The van der Waals surface area contributed by atoms with Crippen LogP contribution in [0.2, 0.25) is 0 Å². The van der Waals surface area contributed by atoms with Crippen LogP contribution in [0.3, 0.4) is 0 Å². The molecule has 1 aromatic rings. The summed E-state index contributed by atoms with van der Waals surface area (Å²) in [5.41, 5.74) is 0.509. The smallest absolute Gasteiger partial charge is 0.310 e. The van der Waals surface area contributed by atoms with E-state index in [1.165, 1.54) is 6.92 Å². The summed E-state index contributed by atoms with van der Waals surface area (Å²) in [5, 5.41) is 17.5. The highest BCUT2D eigenvalue weighted by atomic mass is 32.2. The van der Waals surface area contributed by atoms with E-state index in [1.54, 1.807) is 24.3 Å². The van der Waals surface area contributed by atoms with E-state index in [0.29, 0.717) is 11.3 Å². The van der Waals surface area contributed by atoms with Gasteiger partial charge in [-0.3, -0.25) is 9.59 Å².